The molecule has 1 aliphatic rings. The molecule has 0 heterocycles. The Balaban J connectivity index is 2.38. The number of hydrogen-bond acceptors (Lipinski definition) is 6. The molecule has 0 spiro atoms. The minimum atomic E-state index is -0.538. The molecule has 0 amide bonds. The Morgan fingerprint density at radius 2 is 0.962 bits per heavy atom. The molecular formula is C20H40O6. The van der Waals surface area contributed by atoms with Gasteiger partial charge in [0.1, 0.15) is 0 Å². The zero-order valence-corrected chi connectivity index (χ0v) is 16.7. The van der Waals surface area contributed by atoms with Gasteiger partial charge in [-0.2, -0.15) is 0 Å². The summed E-state index contributed by atoms with van der Waals surface area (Å²) in [7, 11) is 0. The Labute approximate surface area is 158 Å². The van der Waals surface area contributed by atoms with Gasteiger partial charge in [0.15, 0.2) is 0 Å². The standard InChI is InChI=1S/C20H40O6/c1-3-9-19(11-21,12-22)15-25-17-5-7-18(8-6-17)26-16-20(13-23,14-24)10-4-2/h17-18,21-24H,3-16H2,1-2H3. The summed E-state index contributed by atoms with van der Waals surface area (Å²) in [6.45, 7) is 4.63. The van der Waals surface area contributed by atoms with E-state index in [4.69, 9.17) is 9.47 Å². The molecule has 0 aromatic carbocycles. The van der Waals surface area contributed by atoms with E-state index in [1.165, 1.54) is 0 Å². The first-order valence-electron chi connectivity index (χ1n) is 10.2. The first-order valence-corrected chi connectivity index (χ1v) is 10.2. The molecule has 1 fully saturated rings. The van der Waals surface area contributed by atoms with Crippen LogP contribution in [0.4, 0.5) is 0 Å². The fourth-order valence-electron chi connectivity index (χ4n) is 3.76. The van der Waals surface area contributed by atoms with E-state index in [1.54, 1.807) is 0 Å². The fourth-order valence-corrected chi connectivity index (χ4v) is 3.76. The number of rotatable bonds is 14. The molecule has 1 rings (SSSR count). The number of ether oxygens (including phenoxy) is 2. The Morgan fingerprint density at radius 3 is 1.19 bits per heavy atom. The Bertz CT molecular complexity index is 312. The van der Waals surface area contributed by atoms with E-state index >= 15 is 0 Å². The quantitative estimate of drug-likeness (QED) is 0.369. The summed E-state index contributed by atoms with van der Waals surface area (Å²) in [5.41, 5.74) is -1.08. The van der Waals surface area contributed by atoms with Crippen LogP contribution in [0.3, 0.4) is 0 Å². The van der Waals surface area contributed by atoms with Crippen molar-refractivity contribution in [2.75, 3.05) is 39.6 Å². The van der Waals surface area contributed by atoms with Crippen LogP contribution >= 0.6 is 0 Å². The SMILES string of the molecule is CCCC(CO)(CO)COC1CCC(OCC(CO)(CO)CCC)CC1. The largest absolute Gasteiger partial charge is 0.396 e. The maximum Gasteiger partial charge on any atom is 0.0577 e. The Morgan fingerprint density at radius 1 is 0.654 bits per heavy atom. The van der Waals surface area contributed by atoms with Gasteiger partial charge in [-0.1, -0.05) is 26.7 Å². The van der Waals surface area contributed by atoms with E-state index < -0.39 is 10.8 Å². The van der Waals surface area contributed by atoms with Crippen LogP contribution in [-0.4, -0.2) is 72.3 Å². The van der Waals surface area contributed by atoms with Crippen molar-refractivity contribution in [1.29, 1.82) is 0 Å². The van der Waals surface area contributed by atoms with E-state index in [2.05, 4.69) is 0 Å². The summed E-state index contributed by atoms with van der Waals surface area (Å²) in [6.07, 6.45) is 7.15. The van der Waals surface area contributed by atoms with Crippen molar-refractivity contribution in [3.63, 3.8) is 0 Å². The van der Waals surface area contributed by atoms with Gasteiger partial charge in [0, 0.05) is 10.8 Å². The Hall–Kier alpha value is -0.240. The summed E-state index contributed by atoms with van der Waals surface area (Å²) >= 11 is 0. The van der Waals surface area contributed by atoms with Crippen LogP contribution in [0.25, 0.3) is 0 Å². The van der Waals surface area contributed by atoms with Gasteiger partial charge in [-0.25, -0.2) is 0 Å². The van der Waals surface area contributed by atoms with Crippen LogP contribution in [0.1, 0.15) is 65.2 Å². The molecule has 0 unspecified atom stereocenters. The van der Waals surface area contributed by atoms with Gasteiger partial charge in [-0.05, 0) is 38.5 Å². The normalized spacial score (nSPS) is 21.9. The first-order chi connectivity index (χ1) is 12.5. The molecule has 156 valence electrons. The minimum Gasteiger partial charge on any atom is -0.396 e. The lowest BCUT2D eigenvalue weighted by Gasteiger charge is -2.35. The van der Waals surface area contributed by atoms with Gasteiger partial charge in [0.05, 0.1) is 51.8 Å². The summed E-state index contributed by atoms with van der Waals surface area (Å²) in [4.78, 5) is 0. The molecule has 0 saturated heterocycles. The predicted octanol–water partition coefficient (Wildman–Crippen LogP) is 1.87. The lowest BCUT2D eigenvalue weighted by Crippen LogP contribution is -2.39. The van der Waals surface area contributed by atoms with E-state index in [1.807, 2.05) is 13.8 Å². The van der Waals surface area contributed by atoms with Gasteiger partial charge in [0.25, 0.3) is 0 Å². The highest BCUT2D eigenvalue weighted by Crippen LogP contribution is 2.30. The van der Waals surface area contributed by atoms with Gasteiger partial charge in [0.2, 0.25) is 0 Å². The maximum atomic E-state index is 9.61. The molecule has 4 N–H and O–H groups in total. The first kappa shape index (κ1) is 23.8. The highest BCUT2D eigenvalue weighted by molar-refractivity contribution is 4.81. The van der Waals surface area contributed by atoms with Gasteiger partial charge >= 0.3 is 0 Å². The molecule has 0 radical (unpaired) electrons. The van der Waals surface area contributed by atoms with Crippen LogP contribution in [0, 0.1) is 10.8 Å². The van der Waals surface area contributed by atoms with E-state index in [-0.39, 0.29) is 38.6 Å². The lowest BCUT2D eigenvalue weighted by atomic mass is 9.85. The molecule has 1 aliphatic carbocycles. The molecule has 26 heavy (non-hydrogen) atoms. The number of aliphatic hydroxyl groups excluding tert-OH is 4. The van der Waals surface area contributed by atoms with Crippen molar-refractivity contribution in [1.82, 2.24) is 0 Å². The maximum absolute atomic E-state index is 9.61. The van der Waals surface area contributed by atoms with Crippen molar-refractivity contribution < 1.29 is 29.9 Å². The van der Waals surface area contributed by atoms with E-state index in [0.717, 1.165) is 51.4 Å². The summed E-state index contributed by atoms with van der Waals surface area (Å²) < 4.78 is 12.0. The molecule has 0 atom stereocenters. The number of aliphatic hydroxyl groups is 4. The van der Waals surface area contributed by atoms with Crippen molar-refractivity contribution in [3.05, 3.63) is 0 Å². The monoisotopic (exact) mass is 376 g/mol. The van der Waals surface area contributed by atoms with Gasteiger partial charge in [-0.3, -0.25) is 0 Å². The third-order valence-electron chi connectivity index (χ3n) is 5.77. The molecule has 6 nitrogen and oxygen atoms in total. The lowest BCUT2D eigenvalue weighted by molar-refractivity contribution is -0.101. The number of hydrogen-bond donors (Lipinski definition) is 4. The second kappa shape index (κ2) is 12.3. The summed E-state index contributed by atoms with van der Waals surface area (Å²) in [5.74, 6) is 0. The van der Waals surface area contributed by atoms with E-state index in [0.29, 0.717) is 13.2 Å². The molecule has 0 bridgehead atoms. The van der Waals surface area contributed by atoms with Crippen LogP contribution < -0.4 is 0 Å². The zero-order valence-electron chi connectivity index (χ0n) is 16.7. The van der Waals surface area contributed by atoms with Crippen molar-refractivity contribution in [2.24, 2.45) is 10.8 Å². The van der Waals surface area contributed by atoms with Crippen LogP contribution in [0.5, 0.6) is 0 Å². The highest BCUT2D eigenvalue weighted by Gasteiger charge is 2.33. The van der Waals surface area contributed by atoms with Crippen molar-refractivity contribution in [2.45, 2.75) is 77.4 Å². The van der Waals surface area contributed by atoms with Gasteiger partial charge in [-0.15, -0.1) is 0 Å². The molecule has 0 aromatic heterocycles. The average molecular weight is 377 g/mol. The van der Waals surface area contributed by atoms with E-state index in [9.17, 15) is 20.4 Å². The zero-order chi connectivity index (χ0) is 19.5. The van der Waals surface area contributed by atoms with Crippen molar-refractivity contribution in [3.8, 4) is 0 Å². The van der Waals surface area contributed by atoms with Gasteiger partial charge < -0.3 is 29.9 Å². The molecule has 6 heteroatoms. The highest BCUT2D eigenvalue weighted by atomic mass is 16.5. The molecule has 0 aliphatic heterocycles. The summed E-state index contributed by atoms with van der Waals surface area (Å²) in [6, 6.07) is 0. The fraction of sp³-hybridized carbons (Fsp3) is 1.00. The molecular weight excluding hydrogens is 336 g/mol. The molecule has 0 aromatic rings. The predicted molar refractivity (Wildman–Crippen MR) is 101 cm³/mol. The summed E-state index contributed by atoms with van der Waals surface area (Å²) in [5, 5.41) is 38.5. The van der Waals surface area contributed by atoms with Crippen LogP contribution in [-0.2, 0) is 9.47 Å². The third-order valence-corrected chi connectivity index (χ3v) is 5.77. The average Bonchev–Trinajstić information content (AvgIpc) is 2.69. The molecule has 1 saturated carbocycles. The smallest absolute Gasteiger partial charge is 0.0577 e. The van der Waals surface area contributed by atoms with Crippen LogP contribution in [0.15, 0.2) is 0 Å². The minimum absolute atomic E-state index is 0.0579. The second-order valence-corrected chi connectivity index (χ2v) is 8.15. The second-order valence-electron chi connectivity index (χ2n) is 8.15. The van der Waals surface area contributed by atoms with Crippen molar-refractivity contribution >= 4 is 0 Å². The topological polar surface area (TPSA) is 99.4 Å². The third kappa shape index (κ3) is 7.06. The van der Waals surface area contributed by atoms with Crippen LogP contribution in [0.2, 0.25) is 0 Å². The Kier molecular flexibility index (Phi) is 11.2.